The number of rotatable bonds is 6. The summed E-state index contributed by atoms with van der Waals surface area (Å²) in [6, 6.07) is 0. The molecule has 0 aromatic carbocycles. The van der Waals surface area contributed by atoms with Crippen LogP contribution in [0.3, 0.4) is 0 Å². The van der Waals surface area contributed by atoms with Gasteiger partial charge in [0.25, 0.3) is 0 Å². The molecule has 102 valence electrons. The molecule has 0 radical (unpaired) electrons. The van der Waals surface area contributed by atoms with Gasteiger partial charge in [-0.25, -0.2) is 0 Å². The molecule has 0 spiro atoms. The molecule has 0 bridgehead atoms. The molecule has 0 aromatic heterocycles. The van der Waals surface area contributed by atoms with Crippen molar-refractivity contribution in [2.75, 3.05) is 38.9 Å². The summed E-state index contributed by atoms with van der Waals surface area (Å²) in [4.78, 5) is 0. The smallest absolute Gasteiger partial charge is 1.00 e. The minimum atomic E-state index is 0. The van der Waals surface area contributed by atoms with E-state index in [1.165, 1.54) is 6.08 Å². The summed E-state index contributed by atoms with van der Waals surface area (Å²) in [5.74, 6) is 0.667. The standard InChI is InChI=1S/C6H10O2.C3H5ClO.C3H6O.Na.H/c1-2-3-7-4-6-5-8-6;4-1-3-2-5-3;1-2-3-4;;/h2,6H,1,3-5H2;3H,1-2H2;2,4H,1,3H2;;/q;;;+1;-1. The first-order valence-corrected chi connectivity index (χ1v) is 6.01. The van der Waals surface area contributed by atoms with E-state index in [-0.39, 0.29) is 37.6 Å². The fourth-order valence-corrected chi connectivity index (χ4v) is 0.782. The van der Waals surface area contributed by atoms with Gasteiger partial charge in [0.1, 0.15) is 6.10 Å². The second-order valence-electron chi connectivity index (χ2n) is 3.36. The average Bonchev–Trinajstić information content (AvgIpc) is 3.22. The third kappa shape index (κ3) is 19.0. The van der Waals surface area contributed by atoms with E-state index in [0.717, 1.165) is 19.8 Å². The van der Waals surface area contributed by atoms with Crippen molar-refractivity contribution >= 4 is 11.6 Å². The molecule has 0 aromatic rings. The van der Waals surface area contributed by atoms with Crippen LogP contribution in [0.5, 0.6) is 0 Å². The van der Waals surface area contributed by atoms with E-state index in [4.69, 9.17) is 30.9 Å². The molecule has 0 saturated carbocycles. The molecule has 1 N–H and O–H groups in total. The van der Waals surface area contributed by atoms with Crippen LogP contribution in [0.2, 0.25) is 0 Å². The number of alkyl halides is 1. The zero-order chi connectivity index (χ0) is 12.9. The van der Waals surface area contributed by atoms with Crippen LogP contribution in [-0.4, -0.2) is 56.2 Å². The van der Waals surface area contributed by atoms with Crippen LogP contribution in [0.25, 0.3) is 0 Å². The van der Waals surface area contributed by atoms with E-state index in [0.29, 0.717) is 24.7 Å². The van der Waals surface area contributed by atoms with Gasteiger partial charge in [-0.1, -0.05) is 12.2 Å². The summed E-state index contributed by atoms with van der Waals surface area (Å²) in [6.07, 6.45) is 3.95. The topological polar surface area (TPSA) is 54.5 Å². The van der Waals surface area contributed by atoms with E-state index >= 15 is 0 Å². The van der Waals surface area contributed by atoms with Crippen molar-refractivity contribution in [1.29, 1.82) is 0 Å². The van der Waals surface area contributed by atoms with Gasteiger partial charge in [0.15, 0.2) is 0 Å². The number of aliphatic hydroxyl groups excluding tert-OH is 1. The zero-order valence-electron chi connectivity index (χ0n) is 12.0. The Hall–Kier alpha value is 0.610. The van der Waals surface area contributed by atoms with Gasteiger partial charge in [0.2, 0.25) is 0 Å². The maximum atomic E-state index is 7.76. The van der Waals surface area contributed by atoms with Crippen LogP contribution < -0.4 is 29.6 Å². The molecular formula is C12H22ClNaO4. The Morgan fingerprint density at radius 2 is 1.78 bits per heavy atom. The van der Waals surface area contributed by atoms with Gasteiger partial charge in [0.05, 0.1) is 45.0 Å². The number of halogens is 1. The van der Waals surface area contributed by atoms with E-state index in [1.807, 2.05) is 0 Å². The SMILES string of the molecule is C=CCO.C=CCOCC1CO1.ClCC1CO1.[H-].[Na+]. The molecule has 2 unspecified atom stereocenters. The molecule has 4 nitrogen and oxygen atoms in total. The third-order valence-corrected chi connectivity index (χ3v) is 1.99. The monoisotopic (exact) mass is 288 g/mol. The van der Waals surface area contributed by atoms with Crippen LogP contribution in [0.1, 0.15) is 1.43 Å². The van der Waals surface area contributed by atoms with Crippen LogP contribution in [0.4, 0.5) is 0 Å². The Morgan fingerprint density at radius 3 is 2.00 bits per heavy atom. The van der Waals surface area contributed by atoms with Crippen molar-refractivity contribution in [2.45, 2.75) is 12.2 Å². The van der Waals surface area contributed by atoms with E-state index in [9.17, 15) is 0 Å². The number of hydrogen-bond donors (Lipinski definition) is 1. The first-order chi connectivity index (χ1) is 8.28. The minimum Gasteiger partial charge on any atom is -1.00 e. The summed E-state index contributed by atoms with van der Waals surface area (Å²) < 4.78 is 14.7. The predicted octanol–water partition coefficient (Wildman–Crippen LogP) is -1.51. The quantitative estimate of drug-likeness (QED) is 0.212. The summed E-state index contributed by atoms with van der Waals surface area (Å²) >= 11 is 5.27. The first-order valence-electron chi connectivity index (χ1n) is 5.48. The molecule has 2 heterocycles. The largest absolute Gasteiger partial charge is 1.00 e. The molecule has 0 amide bonds. The van der Waals surface area contributed by atoms with Crippen molar-refractivity contribution in [3.05, 3.63) is 25.3 Å². The maximum Gasteiger partial charge on any atom is 1.00 e. The second-order valence-corrected chi connectivity index (χ2v) is 3.67. The third-order valence-electron chi connectivity index (χ3n) is 1.65. The Morgan fingerprint density at radius 1 is 1.28 bits per heavy atom. The van der Waals surface area contributed by atoms with Crippen LogP contribution in [0.15, 0.2) is 25.3 Å². The Labute approximate surface area is 138 Å². The van der Waals surface area contributed by atoms with Crippen LogP contribution in [-0.2, 0) is 14.2 Å². The first kappa shape index (κ1) is 20.9. The summed E-state index contributed by atoms with van der Waals surface area (Å²) in [5.41, 5.74) is 0. The fraction of sp³-hybridized carbons (Fsp3) is 0.667. The van der Waals surface area contributed by atoms with Crippen molar-refractivity contribution in [2.24, 2.45) is 0 Å². The number of hydrogen-bond acceptors (Lipinski definition) is 4. The fourth-order valence-electron chi connectivity index (χ4n) is 0.604. The number of epoxide rings is 2. The van der Waals surface area contributed by atoms with Gasteiger partial charge in [0, 0.05) is 0 Å². The minimum absolute atomic E-state index is 0. The van der Waals surface area contributed by atoms with Crippen LogP contribution >= 0.6 is 11.6 Å². The molecule has 2 aliphatic rings. The molecule has 0 aliphatic carbocycles. The predicted molar refractivity (Wildman–Crippen MR) is 69.6 cm³/mol. The molecule has 2 rings (SSSR count). The van der Waals surface area contributed by atoms with Gasteiger partial charge in [-0.05, 0) is 0 Å². The molecule has 18 heavy (non-hydrogen) atoms. The Kier molecular flexibility index (Phi) is 18.2. The van der Waals surface area contributed by atoms with Gasteiger partial charge in [-0.2, -0.15) is 0 Å². The summed E-state index contributed by atoms with van der Waals surface area (Å²) in [7, 11) is 0. The second kappa shape index (κ2) is 15.7. The van der Waals surface area contributed by atoms with Crippen LogP contribution in [0, 0.1) is 0 Å². The van der Waals surface area contributed by atoms with Gasteiger partial charge < -0.3 is 20.7 Å². The normalized spacial score (nSPS) is 22.1. The molecule has 2 atom stereocenters. The summed E-state index contributed by atoms with van der Waals surface area (Å²) in [5, 5.41) is 7.76. The van der Waals surface area contributed by atoms with Crippen molar-refractivity contribution in [3.63, 3.8) is 0 Å². The van der Waals surface area contributed by atoms with Gasteiger partial charge in [-0.15, -0.1) is 24.8 Å². The zero-order valence-corrected chi connectivity index (χ0v) is 13.8. The van der Waals surface area contributed by atoms with E-state index in [1.54, 1.807) is 6.08 Å². The molecule has 6 heteroatoms. The molecule has 2 fully saturated rings. The Bertz CT molecular complexity index is 202. The Balaban J connectivity index is -0.000000206. The van der Waals surface area contributed by atoms with Gasteiger partial charge >= 0.3 is 29.6 Å². The maximum absolute atomic E-state index is 7.76. The molecular weight excluding hydrogens is 267 g/mol. The average molecular weight is 289 g/mol. The summed E-state index contributed by atoms with van der Waals surface area (Å²) in [6.45, 7) is 9.94. The number of ether oxygens (including phenoxy) is 3. The molecule has 2 aliphatic heterocycles. The number of aliphatic hydroxyl groups is 1. The van der Waals surface area contributed by atoms with Crippen molar-refractivity contribution < 1.29 is 50.3 Å². The van der Waals surface area contributed by atoms with E-state index < -0.39 is 0 Å². The van der Waals surface area contributed by atoms with Crippen molar-refractivity contribution in [3.8, 4) is 0 Å². The van der Waals surface area contributed by atoms with E-state index in [2.05, 4.69) is 13.2 Å². The van der Waals surface area contributed by atoms with Gasteiger partial charge in [-0.3, -0.25) is 0 Å². The van der Waals surface area contributed by atoms with Crippen molar-refractivity contribution in [1.82, 2.24) is 0 Å². The molecule has 2 saturated heterocycles.